The molecule has 0 saturated carbocycles. The quantitative estimate of drug-likeness (QED) is 0.350. The number of nitrogens with one attached hydrogen (secondary N) is 2. The number of fused-ring (bicyclic) bond motifs is 1. The van der Waals surface area contributed by atoms with Crippen LogP contribution in [-0.4, -0.2) is 33.0 Å². The molecule has 0 fully saturated rings. The van der Waals surface area contributed by atoms with Crippen molar-refractivity contribution in [2.24, 2.45) is 0 Å². The minimum absolute atomic E-state index is 0.0951. The predicted octanol–water partition coefficient (Wildman–Crippen LogP) is 5.27. The Labute approximate surface area is 217 Å². The van der Waals surface area contributed by atoms with Crippen LogP contribution in [0, 0.1) is 11.6 Å². The third-order valence-corrected chi connectivity index (χ3v) is 5.83. The molecule has 1 aromatic heterocycles. The summed E-state index contributed by atoms with van der Waals surface area (Å²) in [6.45, 7) is -0.0303. The maximum Gasteiger partial charge on any atom is 0.407 e. The maximum atomic E-state index is 13.5. The number of halogens is 2. The molecule has 0 saturated heterocycles. The lowest BCUT2D eigenvalue weighted by atomic mass is 10.1. The SMILES string of the molecule is O=C(NCC(=O)N1C=Cn2c(nc(-c3ccc(F)cc3)c2Nc2ccc(F)cc2)C1)OCc1ccccc1. The zero-order valence-electron chi connectivity index (χ0n) is 20.1. The molecular weight excluding hydrogens is 492 g/mol. The van der Waals surface area contributed by atoms with Crippen molar-refractivity contribution in [3.05, 3.63) is 108 Å². The van der Waals surface area contributed by atoms with Gasteiger partial charge in [0, 0.05) is 23.7 Å². The first kappa shape index (κ1) is 24.7. The molecule has 0 unspecified atom stereocenters. The van der Waals surface area contributed by atoms with Crippen molar-refractivity contribution >= 4 is 29.7 Å². The van der Waals surface area contributed by atoms with Crippen molar-refractivity contribution in [1.82, 2.24) is 19.8 Å². The Morgan fingerprint density at radius 2 is 1.58 bits per heavy atom. The number of nitrogens with zero attached hydrogens (tertiary/aromatic N) is 3. The molecule has 2 amide bonds. The third kappa shape index (κ3) is 5.70. The molecule has 1 aliphatic rings. The van der Waals surface area contributed by atoms with Crippen LogP contribution < -0.4 is 10.6 Å². The number of anilines is 2. The summed E-state index contributed by atoms with van der Waals surface area (Å²) in [4.78, 5) is 30.9. The molecule has 3 aromatic carbocycles. The van der Waals surface area contributed by atoms with Gasteiger partial charge in [-0.15, -0.1) is 0 Å². The van der Waals surface area contributed by atoms with Gasteiger partial charge in [0.1, 0.15) is 42.1 Å². The lowest BCUT2D eigenvalue weighted by Crippen LogP contribution is -2.38. The van der Waals surface area contributed by atoms with Crippen LogP contribution in [0.5, 0.6) is 0 Å². The fourth-order valence-corrected chi connectivity index (χ4v) is 3.90. The molecule has 0 radical (unpaired) electrons. The van der Waals surface area contributed by atoms with E-state index < -0.39 is 6.09 Å². The fraction of sp³-hybridized carbons (Fsp3) is 0.107. The van der Waals surface area contributed by atoms with Crippen molar-refractivity contribution in [2.45, 2.75) is 13.2 Å². The molecule has 10 heteroatoms. The van der Waals surface area contributed by atoms with E-state index in [9.17, 15) is 18.4 Å². The highest BCUT2D eigenvalue weighted by Gasteiger charge is 2.24. The largest absolute Gasteiger partial charge is 0.445 e. The lowest BCUT2D eigenvalue weighted by molar-refractivity contribution is -0.128. The number of hydrogen-bond donors (Lipinski definition) is 2. The van der Waals surface area contributed by atoms with Gasteiger partial charge in [-0.25, -0.2) is 18.6 Å². The van der Waals surface area contributed by atoms with E-state index in [1.54, 1.807) is 41.2 Å². The number of alkyl carbamates (subject to hydrolysis) is 1. The van der Waals surface area contributed by atoms with Gasteiger partial charge in [0.15, 0.2) is 0 Å². The number of rotatable bonds is 7. The average Bonchev–Trinajstić information content (AvgIpc) is 3.30. The average molecular weight is 516 g/mol. The molecule has 192 valence electrons. The number of imidazole rings is 1. The van der Waals surface area contributed by atoms with E-state index in [0.29, 0.717) is 28.6 Å². The first-order valence-corrected chi connectivity index (χ1v) is 11.8. The Kier molecular flexibility index (Phi) is 7.12. The summed E-state index contributed by atoms with van der Waals surface area (Å²) in [5.41, 5.74) is 2.65. The zero-order valence-corrected chi connectivity index (χ0v) is 20.1. The summed E-state index contributed by atoms with van der Waals surface area (Å²) in [5, 5.41) is 5.71. The number of amides is 2. The molecule has 0 bridgehead atoms. The van der Waals surface area contributed by atoms with Crippen LogP contribution in [0.25, 0.3) is 17.5 Å². The molecule has 0 spiro atoms. The topological polar surface area (TPSA) is 88.5 Å². The van der Waals surface area contributed by atoms with E-state index in [0.717, 1.165) is 5.56 Å². The molecule has 2 heterocycles. The van der Waals surface area contributed by atoms with Crippen molar-refractivity contribution in [1.29, 1.82) is 0 Å². The first-order valence-electron chi connectivity index (χ1n) is 11.8. The summed E-state index contributed by atoms with van der Waals surface area (Å²) < 4.78 is 33.9. The Hall–Kier alpha value is -4.99. The smallest absolute Gasteiger partial charge is 0.407 e. The lowest BCUT2D eigenvalue weighted by Gasteiger charge is -2.23. The second-order valence-corrected chi connectivity index (χ2v) is 8.47. The Bertz CT molecular complexity index is 1470. The minimum Gasteiger partial charge on any atom is -0.445 e. The number of aromatic nitrogens is 2. The monoisotopic (exact) mass is 515 g/mol. The van der Waals surface area contributed by atoms with Crippen LogP contribution in [-0.2, 0) is 22.7 Å². The van der Waals surface area contributed by atoms with Crippen LogP contribution in [0.3, 0.4) is 0 Å². The summed E-state index contributed by atoms with van der Waals surface area (Å²) in [6.07, 6.45) is 2.54. The van der Waals surface area contributed by atoms with Gasteiger partial charge in [0.2, 0.25) is 5.91 Å². The third-order valence-electron chi connectivity index (χ3n) is 5.83. The van der Waals surface area contributed by atoms with Gasteiger partial charge in [0.25, 0.3) is 0 Å². The molecule has 4 aromatic rings. The van der Waals surface area contributed by atoms with Crippen LogP contribution in [0.15, 0.2) is 85.1 Å². The van der Waals surface area contributed by atoms with Crippen molar-refractivity contribution in [2.75, 3.05) is 11.9 Å². The van der Waals surface area contributed by atoms with E-state index in [4.69, 9.17) is 9.72 Å². The zero-order chi connectivity index (χ0) is 26.5. The second kappa shape index (κ2) is 11.0. The van der Waals surface area contributed by atoms with Gasteiger partial charge >= 0.3 is 6.09 Å². The molecular formula is C28H23F2N5O3. The van der Waals surface area contributed by atoms with E-state index in [1.165, 1.54) is 29.2 Å². The molecule has 5 rings (SSSR count). The predicted molar refractivity (Wildman–Crippen MR) is 138 cm³/mol. The number of carbonyl (C=O) groups excluding carboxylic acids is 2. The summed E-state index contributed by atoms with van der Waals surface area (Å²) in [5.74, 6) is 0.0117. The standard InChI is InChI=1S/C28H23F2N5O3/c29-21-8-6-20(7-9-21)26-27(32-23-12-10-22(30)11-13-23)35-15-14-34(17-24(35)33-26)25(36)16-31-28(37)38-18-19-4-2-1-3-5-19/h1-15,32H,16-18H2,(H,31,37). The number of hydrogen-bond acceptors (Lipinski definition) is 5. The Morgan fingerprint density at radius 1 is 0.895 bits per heavy atom. The van der Waals surface area contributed by atoms with Crippen molar-refractivity contribution in [3.63, 3.8) is 0 Å². The Balaban J connectivity index is 1.29. The molecule has 2 N–H and O–H groups in total. The van der Waals surface area contributed by atoms with Crippen LogP contribution in [0.2, 0.25) is 0 Å². The van der Waals surface area contributed by atoms with Gasteiger partial charge in [0.05, 0.1) is 6.54 Å². The van der Waals surface area contributed by atoms with E-state index in [1.807, 2.05) is 30.3 Å². The fourth-order valence-electron chi connectivity index (χ4n) is 3.90. The molecule has 0 aliphatic carbocycles. The van der Waals surface area contributed by atoms with Gasteiger partial charge < -0.3 is 20.3 Å². The van der Waals surface area contributed by atoms with E-state index in [-0.39, 0.29) is 37.2 Å². The van der Waals surface area contributed by atoms with Gasteiger partial charge in [-0.1, -0.05) is 30.3 Å². The highest BCUT2D eigenvalue weighted by molar-refractivity contribution is 5.84. The molecule has 8 nitrogen and oxygen atoms in total. The second-order valence-electron chi connectivity index (χ2n) is 8.47. The first-order chi connectivity index (χ1) is 18.5. The summed E-state index contributed by atoms with van der Waals surface area (Å²) in [6, 6.07) is 21.0. The minimum atomic E-state index is -0.700. The van der Waals surface area contributed by atoms with Crippen LogP contribution in [0.1, 0.15) is 11.4 Å². The summed E-state index contributed by atoms with van der Waals surface area (Å²) in [7, 11) is 0. The van der Waals surface area contributed by atoms with E-state index >= 15 is 0 Å². The number of benzene rings is 3. The number of carbonyl (C=O) groups is 2. The van der Waals surface area contributed by atoms with Gasteiger partial charge in [-0.3, -0.25) is 9.36 Å². The highest BCUT2D eigenvalue weighted by atomic mass is 19.1. The van der Waals surface area contributed by atoms with Gasteiger partial charge in [-0.2, -0.15) is 0 Å². The summed E-state index contributed by atoms with van der Waals surface area (Å²) >= 11 is 0. The van der Waals surface area contributed by atoms with Crippen molar-refractivity contribution in [3.8, 4) is 11.3 Å². The molecule has 38 heavy (non-hydrogen) atoms. The van der Waals surface area contributed by atoms with Crippen molar-refractivity contribution < 1.29 is 23.1 Å². The van der Waals surface area contributed by atoms with E-state index in [2.05, 4.69) is 10.6 Å². The van der Waals surface area contributed by atoms with Crippen LogP contribution >= 0.6 is 0 Å². The molecule has 1 aliphatic heterocycles. The Morgan fingerprint density at radius 3 is 2.29 bits per heavy atom. The molecule has 0 atom stereocenters. The normalized spacial score (nSPS) is 12.1. The maximum absolute atomic E-state index is 13.5. The van der Waals surface area contributed by atoms with Gasteiger partial charge in [-0.05, 0) is 54.1 Å². The highest BCUT2D eigenvalue weighted by Crippen LogP contribution is 2.33. The number of ether oxygens (including phenoxy) is 1. The van der Waals surface area contributed by atoms with Crippen LogP contribution in [0.4, 0.5) is 25.1 Å².